The van der Waals surface area contributed by atoms with Gasteiger partial charge in [-0.15, -0.1) is 0 Å². The lowest BCUT2D eigenvalue weighted by molar-refractivity contribution is 0.102. The Morgan fingerprint density at radius 2 is 2.00 bits per heavy atom. The van der Waals surface area contributed by atoms with Crippen LogP contribution in [0.15, 0.2) is 33.7 Å². The number of anilines is 1. The van der Waals surface area contributed by atoms with Crippen molar-refractivity contribution < 1.29 is 26.5 Å². The molecule has 0 radical (unpaired) electrons. The molecule has 1 amide bonds. The van der Waals surface area contributed by atoms with Crippen molar-refractivity contribution in [1.29, 1.82) is 0 Å². The molecule has 1 aromatic carbocycles. The summed E-state index contributed by atoms with van der Waals surface area (Å²) in [6.07, 6.45) is 0.428. The molecule has 6 nitrogen and oxygen atoms in total. The Labute approximate surface area is 131 Å². The summed E-state index contributed by atoms with van der Waals surface area (Å²) in [5.41, 5.74) is 0.339. The van der Waals surface area contributed by atoms with Crippen LogP contribution in [0, 0.1) is 6.92 Å². The largest absolute Gasteiger partial charge is 0.361 e. The molecule has 0 unspecified atom stereocenters. The fraction of sp³-hybridized carbons (Fsp3) is 0.286. The van der Waals surface area contributed by atoms with E-state index in [-0.39, 0.29) is 17.0 Å². The Morgan fingerprint density at radius 1 is 1.35 bits per heavy atom. The molecule has 0 saturated heterocycles. The number of hydrogen-bond acceptors (Lipinski definition) is 5. The summed E-state index contributed by atoms with van der Waals surface area (Å²) >= 11 is 0. The Bertz CT molecular complexity index is 831. The van der Waals surface area contributed by atoms with Crippen molar-refractivity contribution in [2.24, 2.45) is 0 Å². The molecule has 23 heavy (non-hydrogen) atoms. The lowest BCUT2D eigenvalue weighted by Gasteiger charge is -2.11. The number of alkyl halides is 2. The molecule has 1 heterocycles. The summed E-state index contributed by atoms with van der Waals surface area (Å²) in [7, 11) is -4.83. The van der Waals surface area contributed by atoms with Crippen LogP contribution < -0.4 is 5.32 Å². The van der Waals surface area contributed by atoms with Gasteiger partial charge in [-0.1, -0.05) is 24.2 Å². The van der Waals surface area contributed by atoms with Crippen LogP contribution in [0.25, 0.3) is 0 Å². The van der Waals surface area contributed by atoms with E-state index in [1.807, 2.05) is 0 Å². The summed E-state index contributed by atoms with van der Waals surface area (Å²) in [4.78, 5) is 11.7. The number of hydrogen-bond donors (Lipinski definition) is 1. The molecule has 124 valence electrons. The van der Waals surface area contributed by atoms with E-state index in [2.05, 4.69) is 10.5 Å². The molecule has 9 heteroatoms. The maximum absolute atomic E-state index is 12.7. The summed E-state index contributed by atoms with van der Waals surface area (Å²) in [5, 5.41) is 6.06. The number of sulfone groups is 1. The van der Waals surface area contributed by atoms with Gasteiger partial charge in [0.15, 0.2) is 0 Å². The maximum Gasteiger partial charge on any atom is 0.341 e. The van der Waals surface area contributed by atoms with Crippen molar-refractivity contribution in [3.05, 3.63) is 41.3 Å². The van der Waals surface area contributed by atoms with Crippen molar-refractivity contribution >= 4 is 21.4 Å². The summed E-state index contributed by atoms with van der Waals surface area (Å²) < 4.78 is 53.8. The van der Waals surface area contributed by atoms with Crippen molar-refractivity contribution in [2.45, 2.75) is 30.9 Å². The van der Waals surface area contributed by atoms with Gasteiger partial charge in [0.25, 0.3) is 5.91 Å². The van der Waals surface area contributed by atoms with E-state index in [9.17, 15) is 22.0 Å². The first-order valence-electron chi connectivity index (χ1n) is 6.66. The first-order valence-corrected chi connectivity index (χ1v) is 8.21. The molecule has 0 fully saturated rings. The lowest BCUT2D eigenvalue weighted by atomic mass is 10.1. The van der Waals surface area contributed by atoms with Crippen molar-refractivity contribution in [1.82, 2.24) is 5.16 Å². The zero-order chi connectivity index (χ0) is 17.2. The topological polar surface area (TPSA) is 89.3 Å². The molecule has 1 N–H and O–H groups in total. The minimum atomic E-state index is -4.83. The number of aromatic nitrogens is 1. The van der Waals surface area contributed by atoms with Crippen LogP contribution in [-0.4, -0.2) is 25.2 Å². The highest BCUT2D eigenvalue weighted by Gasteiger charge is 2.30. The average Bonchev–Trinajstić information content (AvgIpc) is 2.88. The Balaban J connectivity index is 2.42. The second-order valence-electron chi connectivity index (χ2n) is 4.67. The molecule has 1 aromatic heterocycles. The predicted octanol–water partition coefficient (Wildman–Crippen LogP) is 2.79. The average molecular weight is 344 g/mol. The van der Waals surface area contributed by atoms with Crippen LogP contribution >= 0.6 is 0 Å². The molecule has 0 atom stereocenters. The third kappa shape index (κ3) is 3.24. The van der Waals surface area contributed by atoms with Gasteiger partial charge in [-0.2, -0.15) is 8.78 Å². The van der Waals surface area contributed by atoms with E-state index >= 15 is 0 Å². The highest BCUT2D eigenvalue weighted by atomic mass is 32.2. The molecule has 0 aliphatic carbocycles. The second-order valence-corrected chi connectivity index (χ2v) is 6.56. The normalized spacial score (nSPS) is 11.7. The van der Waals surface area contributed by atoms with Crippen LogP contribution in [-0.2, 0) is 16.3 Å². The van der Waals surface area contributed by atoms with E-state index in [1.165, 1.54) is 25.1 Å². The minimum absolute atomic E-state index is 0.164. The van der Waals surface area contributed by atoms with Crippen LogP contribution in [0.3, 0.4) is 0 Å². The van der Waals surface area contributed by atoms with Crippen molar-refractivity contribution in [3.63, 3.8) is 0 Å². The molecular weight excluding hydrogens is 330 g/mol. The molecule has 2 aromatic rings. The number of carbonyl (C=O) groups excluding carboxylic acids is 1. The fourth-order valence-corrected chi connectivity index (χ4v) is 2.93. The van der Waals surface area contributed by atoms with Gasteiger partial charge in [0.05, 0.1) is 16.3 Å². The van der Waals surface area contributed by atoms with Crippen molar-refractivity contribution in [3.8, 4) is 0 Å². The number of nitrogens with one attached hydrogen (secondary N) is 1. The smallest absolute Gasteiger partial charge is 0.341 e. The van der Waals surface area contributed by atoms with Gasteiger partial charge < -0.3 is 9.84 Å². The molecule has 2 rings (SSSR count). The minimum Gasteiger partial charge on any atom is -0.361 e. The third-order valence-electron chi connectivity index (χ3n) is 3.17. The van der Waals surface area contributed by atoms with Crippen LogP contribution in [0.1, 0.15) is 28.7 Å². The van der Waals surface area contributed by atoms with E-state index in [0.717, 1.165) is 6.07 Å². The monoisotopic (exact) mass is 344 g/mol. The molecule has 0 aliphatic rings. The number of benzene rings is 1. The van der Waals surface area contributed by atoms with Gasteiger partial charge in [-0.3, -0.25) is 4.79 Å². The fourth-order valence-electron chi connectivity index (χ4n) is 2.05. The number of para-hydroxylation sites is 1. The number of rotatable bonds is 5. The number of carbonyl (C=O) groups is 1. The third-order valence-corrected chi connectivity index (χ3v) is 4.61. The van der Waals surface area contributed by atoms with E-state index < -0.39 is 26.4 Å². The highest BCUT2D eigenvalue weighted by molar-refractivity contribution is 7.91. The number of amides is 1. The SMILES string of the molecule is CCc1noc(C)c1C(=O)Nc1ccccc1S(=O)(=O)C(F)F. The van der Waals surface area contributed by atoms with Gasteiger partial charge in [0.1, 0.15) is 11.3 Å². The van der Waals surface area contributed by atoms with E-state index in [1.54, 1.807) is 6.92 Å². The highest BCUT2D eigenvalue weighted by Crippen LogP contribution is 2.27. The van der Waals surface area contributed by atoms with Gasteiger partial charge in [-0.05, 0) is 25.5 Å². The molecule has 0 saturated carbocycles. The van der Waals surface area contributed by atoms with Gasteiger partial charge in [0, 0.05) is 0 Å². The molecule has 0 spiro atoms. The van der Waals surface area contributed by atoms with Gasteiger partial charge >= 0.3 is 5.76 Å². The van der Waals surface area contributed by atoms with Crippen LogP contribution in [0.2, 0.25) is 0 Å². The van der Waals surface area contributed by atoms with E-state index in [4.69, 9.17) is 4.52 Å². The van der Waals surface area contributed by atoms with Crippen molar-refractivity contribution in [2.75, 3.05) is 5.32 Å². The summed E-state index contributed by atoms with van der Waals surface area (Å²) in [5.74, 6) is -3.99. The Morgan fingerprint density at radius 3 is 2.61 bits per heavy atom. The molecule has 0 bridgehead atoms. The van der Waals surface area contributed by atoms with E-state index in [0.29, 0.717) is 12.1 Å². The quantitative estimate of drug-likeness (QED) is 0.901. The van der Waals surface area contributed by atoms with Gasteiger partial charge in [0.2, 0.25) is 9.84 Å². The Kier molecular flexibility index (Phi) is 4.79. The number of halogens is 2. The zero-order valence-corrected chi connectivity index (χ0v) is 13.2. The second kappa shape index (κ2) is 6.45. The summed E-state index contributed by atoms with van der Waals surface area (Å²) in [6.45, 7) is 3.30. The number of nitrogens with zero attached hydrogens (tertiary/aromatic N) is 1. The maximum atomic E-state index is 12.7. The summed E-state index contributed by atoms with van der Waals surface area (Å²) in [6, 6.07) is 4.98. The van der Waals surface area contributed by atoms with Crippen LogP contribution in [0.5, 0.6) is 0 Å². The van der Waals surface area contributed by atoms with Crippen LogP contribution in [0.4, 0.5) is 14.5 Å². The zero-order valence-electron chi connectivity index (χ0n) is 12.3. The first-order chi connectivity index (χ1) is 10.8. The Hall–Kier alpha value is -2.29. The number of aryl methyl sites for hydroxylation is 2. The molecule has 0 aliphatic heterocycles. The van der Waals surface area contributed by atoms with Gasteiger partial charge in [-0.25, -0.2) is 8.42 Å². The standard InChI is InChI=1S/C14H14F2N2O4S/c1-3-9-12(8(2)22-18-9)13(19)17-10-6-4-5-7-11(10)23(20,21)14(15)16/h4-7,14H,3H2,1-2H3,(H,17,19). The first kappa shape index (κ1) is 17.1. The lowest BCUT2D eigenvalue weighted by Crippen LogP contribution is -2.19. The predicted molar refractivity (Wildman–Crippen MR) is 78.2 cm³/mol. The molecular formula is C14H14F2N2O4S.